The minimum atomic E-state index is -0.708. The zero-order valence-corrected chi connectivity index (χ0v) is 96.0. The van der Waals surface area contributed by atoms with Crippen LogP contribution in [0.1, 0.15) is 49.4 Å². The van der Waals surface area contributed by atoms with Gasteiger partial charge in [-0.2, -0.15) is 0 Å². The molecule has 2 aliphatic rings. The number of amides is 8. The Labute approximate surface area is 840 Å². The molecule has 6 unspecified atom stereocenters. The van der Waals surface area contributed by atoms with E-state index in [0.29, 0.717) is 25.7 Å². The van der Waals surface area contributed by atoms with Gasteiger partial charge in [0.2, 0.25) is 47.3 Å². The molecular weight excluding hydrogens is 2450 g/mol. The van der Waals surface area contributed by atoms with Crippen LogP contribution in [0.25, 0.3) is 0 Å². The van der Waals surface area contributed by atoms with Crippen molar-refractivity contribution in [3.8, 4) is 0 Å². The second-order valence-corrected chi connectivity index (χ2v) is 68.6. The van der Waals surface area contributed by atoms with Gasteiger partial charge in [-0.15, -0.1) is 0 Å². The summed E-state index contributed by atoms with van der Waals surface area (Å²) in [6, 6.07) is 37.0. The Hall–Kier alpha value is 0.877. The van der Waals surface area contributed by atoms with Crippen LogP contribution in [0.5, 0.6) is 0 Å². The summed E-state index contributed by atoms with van der Waals surface area (Å²) < 4.78 is 5.25. The normalized spacial score (nSPS) is 14.5. The van der Waals surface area contributed by atoms with Crippen LogP contribution in [-0.4, -0.2) is 160 Å². The number of hydrogen-bond donors (Lipinski definition) is 11. The molecule has 0 bridgehead atoms. The van der Waals surface area contributed by atoms with Crippen LogP contribution in [-0.2, 0) is 425 Å². The number of carboxylic acid groups (broad SMARTS) is 1. The number of nitrogens with zero attached hydrogens (tertiary/aromatic N) is 2. The number of benzene rings is 4. The van der Waals surface area contributed by atoms with Crippen molar-refractivity contribution in [3.05, 3.63) is 144 Å². The van der Waals surface area contributed by atoms with Gasteiger partial charge in [0.1, 0.15) is 6.04 Å². The maximum absolute atomic E-state index is 12.4. The predicted molar refractivity (Wildman–Crippen MR) is 577 cm³/mol. The van der Waals surface area contributed by atoms with E-state index in [0.717, 1.165) is 22.3 Å². The smallest absolute Gasteiger partial charge is 0.322 e. The molecule has 4 aromatic rings. The van der Waals surface area contributed by atoms with Crippen molar-refractivity contribution in [2.24, 2.45) is 46.2 Å². The van der Waals surface area contributed by atoms with Gasteiger partial charge in [-0.3, -0.25) is 57.7 Å². The van der Waals surface area contributed by atoms with Gasteiger partial charge in [0.25, 0.3) is 0 Å². The number of carboxylic acids is 1. The molecule has 658 valence electrons. The first kappa shape index (κ1) is 127. The van der Waals surface area contributed by atoms with E-state index in [2.05, 4.69) is 142 Å². The summed E-state index contributed by atoms with van der Waals surface area (Å²) in [4.78, 5) is 115. The third-order valence-electron chi connectivity index (χ3n) is 13.1. The van der Waals surface area contributed by atoms with Crippen LogP contribution in [0.15, 0.2) is 121 Å². The number of ketones is 1. The first-order chi connectivity index (χ1) is 56.4. The zero-order chi connectivity index (χ0) is 90.3. The molecule has 8 amide bonds. The number of hydrogen-bond acceptors (Lipinski definition) is 24. The second kappa shape index (κ2) is 91.2. The van der Waals surface area contributed by atoms with Gasteiger partial charge in [-0.1, -0.05) is 128 Å². The molecule has 62 heteroatoms. The van der Waals surface area contributed by atoms with E-state index in [1.54, 1.807) is 133 Å². The quantitative estimate of drug-likeness (QED) is 0.0265. The largest absolute Gasteiger partial charge is 0.480 e. The summed E-state index contributed by atoms with van der Waals surface area (Å²) in [5.41, 5.74) is 35.2. The molecule has 17 N–H and O–H groups in total. The molecule has 118 heavy (non-hydrogen) atoms. The monoisotopic (exact) mass is 2530 g/mol. The summed E-state index contributed by atoms with van der Waals surface area (Å²) >= 11 is 45.8. The van der Waals surface area contributed by atoms with E-state index in [4.69, 9.17) is 40.8 Å². The maximum Gasteiger partial charge on any atom is 0.322 e. The molecule has 0 aromatic heterocycles. The fraction of sp³-hybridized carbons (Fsp3) is 0.393. The Morgan fingerprint density at radius 2 is 0.593 bits per heavy atom. The van der Waals surface area contributed by atoms with Gasteiger partial charge in [0.15, 0.2) is 5.78 Å². The topological polar surface area (TPSA) is 401 Å². The van der Waals surface area contributed by atoms with Crippen LogP contribution in [0.4, 0.5) is 0 Å². The van der Waals surface area contributed by atoms with E-state index in [1.807, 2.05) is 166 Å². The molecule has 2 fully saturated rings. The molecule has 0 spiro atoms. The summed E-state index contributed by atoms with van der Waals surface area (Å²) in [5.74, 6) is -4.80. The Balaban J connectivity index is -0.000000306. The van der Waals surface area contributed by atoms with Crippen molar-refractivity contribution in [2.75, 3.05) is 40.3 Å². The maximum atomic E-state index is 12.4. The molecule has 2 radical (unpaired) electrons. The predicted octanol–water partition coefficient (Wildman–Crippen LogP) is -2.07. The third-order valence-corrected chi connectivity index (χ3v) is 62.0. The van der Waals surface area contributed by atoms with E-state index in [1.165, 1.54) is 107 Å². The fourth-order valence-electron chi connectivity index (χ4n) is 7.84. The van der Waals surface area contributed by atoms with E-state index in [9.17, 15) is 47.9 Å². The van der Waals surface area contributed by atoms with Crippen molar-refractivity contribution in [1.29, 1.82) is 1.34 Å². The van der Waals surface area contributed by atoms with E-state index >= 15 is 0 Å². The van der Waals surface area contributed by atoms with Crippen molar-refractivity contribution in [2.45, 2.75) is 89.1 Å². The van der Waals surface area contributed by atoms with Gasteiger partial charge in [0, 0.05) is 421 Å². The summed E-state index contributed by atoms with van der Waals surface area (Å²) in [5, 5.41) is 18.1. The number of carbonyl (C=O) groups is 10. The average molecular weight is 2530 g/mol. The molecule has 2 aliphatic heterocycles. The Morgan fingerprint density at radius 1 is 0.381 bits per heavy atom. The molecule has 10 atom stereocenters. The van der Waals surface area contributed by atoms with Crippen molar-refractivity contribution in [3.63, 3.8) is 0 Å². The van der Waals surface area contributed by atoms with Gasteiger partial charge >= 0.3 is 5.97 Å². The Bertz CT molecular complexity index is 4770. The van der Waals surface area contributed by atoms with Gasteiger partial charge in [-0.25, -0.2) is 0 Å². The van der Waals surface area contributed by atoms with Crippen LogP contribution in [0, 0.1) is 42.9 Å². The van der Waals surface area contributed by atoms with Crippen molar-refractivity contribution < 1.29 is 84.2 Å². The van der Waals surface area contributed by atoms with Gasteiger partial charge in [0.05, 0.1) is 44.3 Å². The van der Waals surface area contributed by atoms with E-state index in [-0.39, 0.29) is 123 Å². The molecule has 23 nitrogen and oxygen atoms in total. The summed E-state index contributed by atoms with van der Waals surface area (Å²) in [6.07, 6.45) is 2.16. The first-order valence-electron chi connectivity index (χ1n) is 31.3. The molecular formula is C56H79BN12O11S37U. The fourth-order valence-corrected chi connectivity index (χ4v) is 54.5. The standard InChI is InChI=1S/C17H23N3O3.C12H16N2O2.2C11H15N3O2.C5H9NO2.BH.S9.S8.2S7.S6.U/c1-11-16(20(11)2)14(21)9-13(17(23)19-10-15(18)22)8-12-6-4-3-5-7-12;1-9(12(16)14-8-11(13)15)7-10-5-3-2-4-6-10;2*12-9(11(16)14-7-10(13)15)6-8-4-2-1-3-5-8;1-3-4(5(7)8)6(3)2;;1-3-5-7-9-8-6-4-2;1-3-5-7-8-6-4-2;2*1-3-5-7-6-4-2;1-3-5-6-4-2;/h3-7,11,13,16H,8-10H2,1-2H3,(H2,18,22)(H,19,23);2-6,9H,7-8H2,1H3,(H2,13,15)(H,14,16);2*1-5,9H,6-7,12H2,(H2,13,15)(H,14,16);3-4H,1-2H3,(H,7,8);1H;;;;;;/t11-,13?,16-,20?;;;;3-,4-,6?;;;;;;;/m0...0......./s1/i;;;;;1D;;;;;;. The van der Waals surface area contributed by atoms with Crippen LogP contribution in [0.2, 0.25) is 0 Å². The number of rotatable bonds is 24. The van der Waals surface area contributed by atoms with Crippen LogP contribution < -0.4 is 55.7 Å². The molecule has 2 saturated heterocycles. The Morgan fingerprint density at radius 3 is 0.822 bits per heavy atom. The minimum absolute atomic E-state index is 0. The average Bonchev–Trinajstić information content (AvgIpc) is 1.64. The second-order valence-electron chi connectivity index (χ2n) is 20.9. The van der Waals surface area contributed by atoms with Gasteiger partial charge in [-0.05, 0) is 77.2 Å². The molecule has 6 rings (SSSR count). The first-order valence-corrected chi connectivity index (χ1v) is 73.4. The molecule has 2 heterocycles. The van der Waals surface area contributed by atoms with Crippen molar-refractivity contribution >= 4 is 419 Å². The molecule has 0 aliphatic carbocycles. The minimum Gasteiger partial charge on any atom is -0.480 e. The van der Waals surface area contributed by atoms with E-state index < -0.39 is 47.6 Å². The van der Waals surface area contributed by atoms with Crippen LogP contribution in [0.3, 0.4) is 0 Å². The third kappa shape index (κ3) is 81.4. The number of nitrogens with one attached hydrogen (secondary N) is 4. The molecule has 4 aromatic carbocycles. The van der Waals surface area contributed by atoms with Crippen molar-refractivity contribution in [1.82, 2.24) is 31.1 Å². The van der Waals surface area contributed by atoms with Gasteiger partial charge < -0.3 is 60.8 Å². The summed E-state index contributed by atoms with van der Waals surface area (Å²) in [7, 11) is 47.8. The number of carbonyl (C=O) groups excluding carboxylic acids is 9. The number of nitrogens with two attached hydrogens (primary N) is 6. The number of likely N-dealkylation sites (N-methyl/N-ethyl adjacent to an activating group) is 2. The SMILES string of the molecule is CC(Cc1ccccc1)C(=O)NCC(N)=O.C[C@H]1[C@@H](C(=O)CC(Cc2ccccc2)C(=O)NCC(N)=O)N1C.C[C@H]1[C@@H](C(=O)O)N1C.NC(=O)CNC(=O)C(N)Cc1ccccc1.NC(=O)CNC(=O)C(N)Cc1ccccc1.S=S=S=S=S=S.S=S=S=S=S=S=S.S=S=S=S=S=S=S.S=S=S=S=S=S=S=S.S=S=S=S=S=S=S=S=S.[2H][B].[U]. The van der Waals surface area contributed by atoms with Crippen LogP contribution >= 0.6 is 0 Å². The Kier molecular flexibility index (Phi) is 98.4. The number of aliphatic carboxylic acids is 1. The summed E-state index contributed by atoms with van der Waals surface area (Å²) in [6.45, 7) is 5.04. The number of primary amides is 4. The zero-order valence-electron chi connectivity index (χ0n) is 62.6. The number of Topliss-reactive ketones (excluding diaryl/α,β-unsaturated/α-hetero) is 1. The molecule has 0 saturated carbocycles.